The molecule has 2 rings (SSSR count). The minimum absolute atomic E-state index is 0.376. The molecule has 1 atom stereocenters. The summed E-state index contributed by atoms with van der Waals surface area (Å²) in [6.45, 7) is 4.22. The second kappa shape index (κ2) is 7.95. The lowest BCUT2D eigenvalue weighted by Gasteiger charge is -2.33. The fourth-order valence-electron chi connectivity index (χ4n) is 2.82. The van der Waals surface area contributed by atoms with Gasteiger partial charge in [0.15, 0.2) is 6.61 Å². The number of ether oxygens (including phenoxy) is 1. The van der Waals surface area contributed by atoms with Crippen LogP contribution in [0.2, 0.25) is 0 Å². The van der Waals surface area contributed by atoms with Gasteiger partial charge in [-0.25, -0.2) is 4.79 Å². The Hall–Kier alpha value is -2.37. The largest absolute Gasteiger partial charge is 0.452 e. The smallest absolute Gasteiger partial charge is 0.338 e. The Morgan fingerprint density at radius 3 is 2.46 bits per heavy atom. The van der Waals surface area contributed by atoms with Crippen LogP contribution in [0.15, 0.2) is 24.3 Å². The van der Waals surface area contributed by atoms with E-state index in [1.807, 2.05) is 12.1 Å². The molecule has 1 fully saturated rings. The molecule has 0 saturated carbocycles. The van der Waals surface area contributed by atoms with Gasteiger partial charge in [-0.3, -0.25) is 9.59 Å². The first-order valence-corrected chi connectivity index (χ1v) is 8.26. The van der Waals surface area contributed by atoms with E-state index in [2.05, 4.69) is 13.8 Å². The van der Waals surface area contributed by atoms with Crippen molar-refractivity contribution in [3.63, 3.8) is 0 Å². The summed E-state index contributed by atoms with van der Waals surface area (Å²) in [5, 5.41) is 0. The number of benzene rings is 1. The van der Waals surface area contributed by atoms with E-state index in [0.29, 0.717) is 24.4 Å². The van der Waals surface area contributed by atoms with Crippen molar-refractivity contribution in [1.82, 2.24) is 4.90 Å². The molecule has 1 heterocycles. The Bertz CT molecular complexity index is 610. The zero-order valence-corrected chi connectivity index (χ0v) is 14.2. The molecule has 0 spiro atoms. The molecule has 0 bridgehead atoms. The van der Waals surface area contributed by atoms with Gasteiger partial charge in [0, 0.05) is 6.54 Å². The molecule has 1 aromatic carbocycles. The Morgan fingerprint density at radius 1 is 1.21 bits per heavy atom. The highest BCUT2D eigenvalue weighted by Crippen LogP contribution is 2.18. The highest BCUT2D eigenvalue weighted by atomic mass is 16.5. The molecule has 0 unspecified atom stereocenters. The van der Waals surface area contributed by atoms with E-state index in [9.17, 15) is 14.4 Å². The molecule has 1 aliphatic rings. The summed E-state index contributed by atoms with van der Waals surface area (Å²) in [6.07, 6.45) is 2.24. The molecule has 130 valence electrons. The number of amides is 2. The van der Waals surface area contributed by atoms with Crippen molar-refractivity contribution in [2.75, 3.05) is 13.2 Å². The van der Waals surface area contributed by atoms with Gasteiger partial charge in [-0.15, -0.1) is 0 Å². The van der Waals surface area contributed by atoms with Crippen LogP contribution in [0.4, 0.5) is 0 Å². The van der Waals surface area contributed by atoms with Gasteiger partial charge < -0.3 is 15.4 Å². The number of esters is 1. The molecule has 1 saturated heterocycles. The number of rotatable bonds is 5. The molecular formula is C18H24N2O4. The van der Waals surface area contributed by atoms with Crippen molar-refractivity contribution in [3.8, 4) is 0 Å². The first kappa shape index (κ1) is 18.0. The number of carbonyl (C=O) groups is 3. The summed E-state index contributed by atoms with van der Waals surface area (Å²) in [5.41, 5.74) is 6.87. The van der Waals surface area contributed by atoms with Crippen LogP contribution in [0.3, 0.4) is 0 Å². The van der Waals surface area contributed by atoms with E-state index in [1.54, 1.807) is 12.1 Å². The summed E-state index contributed by atoms with van der Waals surface area (Å²) in [5.74, 6) is -1.07. The Morgan fingerprint density at radius 2 is 1.88 bits per heavy atom. The van der Waals surface area contributed by atoms with Crippen LogP contribution < -0.4 is 5.73 Å². The molecule has 2 amide bonds. The number of nitrogens with zero attached hydrogens (tertiary/aromatic N) is 1. The fourth-order valence-corrected chi connectivity index (χ4v) is 2.82. The van der Waals surface area contributed by atoms with Gasteiger partial charge >= 0.3 is 5.97 Å². The van der Waals surface area contributed by atoms with Crippen molar-refractivity contribution in [2.24, 2.45) is 5.73 Å². The third-order valence-corrected chi connectivity index (χ3v) is 4.29. The lowest BCUT2D eigenvalue weighted by molar-refractivity contribution is -0.143. The van der Waals surface area contributed by atoms with Crippen molar-refractivity contribution in [1.29, 1.82) is 0 Å². The van der Waals surface area contributed by atoms with Crippen LogP contribution in [0.25, 0.3) is 0 Å². The van der Waals surface area contributed by atoms with Gasteiger partial charge in [-0.2, -0.15) is 0 Å². The minimum atomic E-state index is -0.602. The van der Waals surface area contributed by atoms with Crippen molar-refractivity contribution < 1.29 is 19.1 Å². The minimum Gasteiger partial charge on any atom is -0.452 e. The van der Waals surface area contributed by atoms with Crippen LogP contribution >= 0.6 is 0 Å². The molecule has 6 nitrogen and oxygen atoms in total. The number of hydrogen-bond acceptors (Lipinski definition) is 4. The summed E-state index contributed by atoms with van der Waals surface area (Å²) in [6, 6.07) is 6.52. The summed E-state index contributed by atoms with van der Waals surface area (Å²) in [4.78, 5) is 37.1. The molecule has 24 heavy (non-hydrogen) atoms. The van der Waals surface area contributed by atoms with Crippen LogP contribution in [-0.4, -0.2) is 41.9 Å². The first-order chi connectivity index (χ1) is 11.4. The highest BCUT2D eigenvalue weighted by molar-refractivity contribution is 5.92. The van der Waals surface area contributed by atoms with Gasteiger partial charge in [0.1, 0.15) is 6.04 Å². The van der Waals surface area contributed by atoms with Crippen molar-refractivity contribution >= 4 is 17.8 Å². The highest BCUT2D eigenvalue weighted by Gasteiger charge is 2.31. The number of hydrogen-bond donors (Lipinski definition) is 1. The van der Waals surface area contributed by atoms with E-state index in [1.165, 1.54) is 4.90 Å². The standard InChI is InChI=1S/C18H24N2O4/c1-12(2)13-6-8-14(9-7-13)18(23)24-11-16(21)20-10-4-3-5-15(20)17(19)22/h6-9,12,15H,3-5,10-11H2,1-2H3,(H2,19,22)/t15-/m1/s1. The molecule has 2 N–H and O–H groups in total. The van der Waals surface area contributed by atoms with E-state index in [4.69, 9.17) is 10.5 Å². The number of piperidine rings is 1. The normalized spacial score (nSPS) is 17.6. The van der Waals surface area contributed by atoms with Crippen LogP contribution in [-0.2, 0) is 14.3 Å². The predicted octanol–water partition coefficient (Wildman–Crippen LogP) is 1.83. The maximum atomic E-state index is 12.2. The average Bonchev–Trinajstić information content (AvgIpc) is 2.59. The first-order valence-electron chi connectivity index (χ1n) is 8.26. The monoisotopic (exact) mass is 332 g/mol. The third kappa shape index (κ3) is 4.34. The number of carbonyl (C=O) groups excluding carboxylic acids is 3. The van der Waals surface area contributed by atoms with Gasteiger partial charge in [-0.1, -0.05) is 26.0 Å². The SMILES string of the molecule is CC(C)c1ccc(C(=O)OCC(=O)N2CCCC[C@@H]2C(N)=O)cc1. The van der Waals surface area contributed by atoms with Gasteiger partial charge in [-0.05, 0) is 42.9 Å². The van der Waals surface area contributed by atoms with Crippen molar-refractivity contribution in [2.45, 2.75) is 45.1 Å². The lowest BCUT2D eigenvalue weighted by atomic mass is 10.0. The zero-order chi connectivity index (χ0) is 17.7. The van der Waals surface area contributed by atoms with E-state index in [-0.39, 0.29) is 12.5 Å². The van der Waals surface area contributed by atoms with Gasteiger partial charge in [0.05, 0.1) is 5.56 Å². The molecular weight excluding hydrogens is 308 g/mol. The maximum absolute atomic E-state index is 12.2. The Labute approximate surface area is 142 Å². The Kier molecular flexibility index (Phi) is 5.95. The maximum Gasteiger partial charge on any atom is 0.338 e. The van der Waals surface area contributed by atoms with Crippen LogP contribution in [0.1, 0.15) is 54.9 Å². The predicted molar refractivity (Wildman–Crippen MR) is 89.4 cm³/mol. The summed E-state index contributed by atoms with van der Waals surface area (Å²) in [7, 11) is 0. The van der Waals surface area contributed by atoms with E-state index < -0.39 is 17.9 Å². The summed E-state index contributed by atoms with van der Waals surface area (Å²) < 4.78 is 5.09. The van der Waals surface area contributed by atoms with Crippen LogP contribution in [0.5, 0.6) is 0 Å². The molecule has 0 aromatic heterocycles. The Balaban J connectivity index is 1.92. The lowest BCUT2D eigenvalue weighted by Crippen LogP contribution is -2.51. The fraction of sp³-hybridized carbons (Fsp3) is 0.500. The quantitative estimate of drug-likeness (QED) is 0.833. The molecule has 6 heteroatoms. The van der Waals surface area contributed by atoms with Crippen molar-refractivity contribution in [3.05, 3.63) is 35.4 Å². The van der Waals surface area contributed by atoms with Gasteiger partial charge in [0.2, 0.25) is 5.91 Å². The second-order valence-electron chi connectivity index (χ2n) is 6.35. The number of likely N-dealkylation sites (tertiary alicyclic amines) is 1. The van der Waals surface area contributed by atoms with E-state index in [0.717, 1.165) is 18.4 Å². The average molecular weight is 332 g/mol. The number of primary amides is 1. The van der Waals surface area contributed by atoms with Crippen LogP contribution in [0, 0.1) is 0 Å². The summed E-state index contributed by atoms with van der Waals surface area (Å²) >= 11 is 0. The molecule has 1 aromatic rings. The molecule has 0 radical (unpaired) electrons. The third-order valence-electron chi connectivity index (χ3n) is 4.29. The second-order valence-corrected chi connectivity index (χ2v) is 6.35. The molecule has 1 aliphatic heterocycles. The zero-order valence-electron chi connectivity index (χ0n) is 14.2. The topological polar surface area (TPSA) is 89.7 Å². The van der Waals surface area contributed by atoms with Gasteiger partial charge in [0.25, 0.3) is 5.91 Å². The number of nitrogens with two attached hydrogens (primary N) is 1. The van der Waals surface area contributed by atoms with E-state index >= 15 is 0 Å². The molecule has 0 aliphatic carbocycles.